The lowest BCUT2D eigenvalue weighted by Gasteiger charge is -2.24. The van der Waals surface area contributed by atoms with Crippen LogP contribution in [0.2, 0.25) is 0 Å². The Kier molecular flexibility index (Phi) is 1.99. The summed E-state index contributed by atoms with van der Waals surface area (Å²) >= 11 is 0. The van der Waals surface area contributed by atoms with Crippen molar-refractivity contribution in [1.82, 2.24) is 9.55 Å². The standard InChI is InChI=1S/C15H15N3O3/c1-8-17-11-4-2-3-10(16)14(11)15(21)18(8)12-6-5-9(19)7-13(12)20/h2-4,12H,5-7,16H2,1H3/i1D,2D,5D2,12D. The second-order valence-corrected chi connectivity index (χ2v) is 4.66. The molecule has 6 heteroatoms. The van der Waals surface area contributed by atoms with Crippen molar-refractivity contribution in [2.24, 2.45) is 0 Å². The van der Waals surface area contributed by atoms with Crippen LogP contribution in [0.1, 0.15) is 37.9 Å². The number of carbonyl (C=O) groups is 2. The first-order valence-electron chi connectivity index (χ1n) is 8.90. The molecule has 1 aromatic heterocycles. The minimum Gasteiger partial charge on any atom is -0.398 e. The third kappa shape index (κ3) is 2.12. The second kappa shape index (κ2) is 4.80. The Morgan fingerprint density at radius 2 is 2.33 bits per heavy atom. The topological polar surface area (TPSA) is 95.0 Å². The number of aromatic nitrogens is 2. The zero-order valence-electron chi connectivity index (χ0n) is 16.0. The largest absolute Gasteiger partial charge is 0.398 e. The van der Waals surface area contributed by atoms with Crippen molar-refractivity contribution < 1.29 is 16.4 Å². The van der Waals surface area contributed by atoms with Crippen molar-refractivity contribution in [3.63, 3.8) is 0 Å². The van der Waals surface area contributed by atoms with E-state index < -0.39 is 49.3 Å². The van der Waals surface area contributed by atoms with E-state index in [-0.39, 0.29) is 28.5 Å². The molecule has 1 heterocycles. The molecule has 1 atom stereocenters. The minimum absolute atomic E-state index is 0.00633. The van der Waals surface area contributed by atoms with Gasteiger partial charge in [-0.2, -0.15) is 0 Å². The highest BCUT2D eigenvalue weighted by molar-refractivity contribution is 6.03. The Labute approximate surface area is 127 Å². The van der Waals surface area contributed by atoms with Crippen molar-refractivity contribution in [2.45, 2.75) is 32.1 Å². The number of nitrogens with zero attached hydrogens (tertiary/aromatic N) is 2. The third-order valence-corrected chi connectivity index (χ3v) is 3.29. The maximum Gasteiger partial charge on any atom is 0.264 e. The molecule has 0 saturated heterocycles. The van der Waals surface area contributed by atoms with Gasteiger partial charge in [-0.3, -0.25) is 19.0 Å². The summed E-state index contributed by atoms with van der Waals surface area (Å²) in [6, 6.07) is 0.0987. The lowest BCUT2D eigenvalue weighted by atomic mass is 9.92. The summed E-state index contributed by atoms with van der Waals surface area (Å²) in [5, 5.41) is -0.116. The van der Waals surface area contributed by atoms with Crippen LogP contribution in [0.4, 0.5) is 5.69 Å². The number of anilines is 1. The number of aryl methyl sites for hydroxylation is 1. The van der Waals surface area contributed by atoms with E-state index in [9.17, 15) is 14.4 Å². The number of Topliss-reactive ketones (excluding diaryl/α,β-unsaturated/α-hetero) is 2. The first kappa shape index (κ1) is 8.71. The Morgan fingerprint density at radius 3 is 3.10 bits per heavy atom. The maximum atomic E-state index is 13.0. The van der Waals surface area contributed by atoms with Gasteiger partial charge in [0.05, 0.1) is 26.1 Å². The Balaban J connectivity index is 2.37. The number of hydrogen-bond acceptors (Lipinski definition) is 5. The number of nitrogens with two attached hydrogens (primary N) is 1. The molecular formula is C15H15N3O3. The molecule has 1 aliphatic rings. The summed E-state index contributed by atoms with van der Waals surface area (Å²) in [6.07, 6.45) is -4.13. The van der Waals surface area contributed by atoms with E-state index in [1.807, 2.05) is 0 Å². The molecule has 1 aliphatic carbocycles. The molecule has 6 nitrogen and oxygen atoms in total. The lowest BCUT2D eigenvalue weighted by Crippen LogP contribution is -2.36. The first-order chi connectivity index (χ1) is 12.0. The molecule has 21 heavy (non-hydrogen) atoms. The Hall–Kier alpha value is -2.50. The lowest BCUT2D eigenvalue weighted by molar-refractivity contribution is -0.132. The molecular weight excluding hydrogens is 270 g/mol. The van der Waals surface area contributed by atoms with E-state index in [1.54, 1.807) is 0 Å². The van der Waals surface area contributed by atoms with Gasteiger partial charge in [0.25, 0.3) is 5.56 Å². The molecule has 0 radical (unpaired) electrons. The molecule has 3 rings (SSSR count). The summed E-state index contributed by atoms with van der Waals surface area (Å²) in [4.78, 5) is 41.2. The highest BCUT2D eigenvalue weighted by atomic mass is 16.2. The summed E-state index contributed by atoms with van der Waals surface area (Å²) < 4.78 is 40.0. The van der Waals surface area contributed by atoms with Crippen LogP contribution in [0.3, 0.4) is 0 Å². The minimum atomic E-state index is -2.46. The van der Waals surface area contributed by atoms with Crippen LogP contribution in [0, 0.1) is 6.90 Å². The van der Waals surface area contributed by atoms with Gasteiger partial charge < -0.3 is 5.73 Å². The second-order valence-electron chi connectivity index (χ2n) is 4.66. The fourth-order valence-corrected chi connectivity index (χ4v) is 2.32. The zero-order chi connectivity index (χ0) is 19.4. The van der Waals surface area contributed by atoms with Crippen LogP contribution < -0.4 is 11.3 Å². The molecule has 1 unspecified atom stereocenters. The molecule has 1 fully saturated rings. The van der Waals surface area contributed by atoms with Crippen molar-refractivity contribution in [3.05, 3.63) is 34.4 Å². The molecule has 0 bridgehead atoms. The Bertz CT molecular complexity index is 1020. The highest BCUT2D eigenvalue weighted by Crippen LogP contribution is 2.24. The van der Waals surface area contributed by atoms with Crippen LogP contribution in [0.15, 0.2) is 23.0 Å². The monoisotopic (exact) mass is 290 g/mol. The number of carbonyl (C=O) groups excluding carboxylic acids is 2. The molecule has 2 aromatic rings. The molecule has 0 spiro atoms. The van der Waals surface area contributed by atoms with Gasteiger partial charge in [-0.1, -0.05) is 6.04 Å². The predicted octanol–water partition coefficient (Wildman–Crippen LogP) is 1.15. The van der Waals surface area contributed by atoms with E-state index in [0.29, 0.717) is 4.57 Å². The fourth-order valence-electron chi connectivity index (χ4n) is 2.32. The van der Waals surface area contributed by atoms with Gasteiger partial charge in [-0.15, -0.1) is 0 Å². The van der Waals surface area contributed by atoms with E-state index in [1.165, 1.54) is 12.1 Å². The van der Waals surface area contributed by atoms with Crippen molar-refractivity contribution in [3.8, 4) is 0 Å². The van der Waals surface area contributed by atoms with Gasteiger partial charge in [0.2, 0.25) is 0 Å². The van der Waals surface area contributed by atoms with Crippen LogP contribution in [0.5, 0.6) is 0 Å². The number of ketones is 2. The van der Waals surface area contributed by atoms with Gasteiger partial charge in [0, 0.05) is 16.2 Å². The fraction of sp³-hybridized carbons (Fsp3) is 0.333. The molecule has 0 aliphatic heterocycles. The number of rotatable bonds is 1. The van der Waals surface area contributed by atoms with Crippen LogP contribution in [-0.4, -0.2) is 21.1 Å². The van der Waals surface area contributed by atoms with Crippen LogP contribution >= 0.6 is 0 Å². The first-order valence-corrected chi connectivity index (χ1v) is 6.19. The SMILES string of the molecule is [2H]Cc1nc2cc([2H])cc(N)c2c(=O)n1C1([2H])CC([2H])([2H])C(=O)CC1=O. The van der Waals surface area contributed by atoms with Gasteiger partial charge in [-0.25, -0.2) is 4.98 Å². The summed E-state index contributed by atoms with van der Waals surface area (Å²) in [5.74, 6) is -2.12. The van der Waals surface area contributed by atoms with E-state index >= 15 is 0 Å². The average Bonchev–Trinajstić information content (AvgIpc) is 2.51. The van der Waals surface area contributed by atoms with E-state index in [0.717, 1.165) is 0 Å². The smallest absolute Gasteiger partial charge is 0.264 e. The van der Waals surface area contributed by atoms with Crippen LogP contribution in [0.25, 0.3) is 10.9 Å². The number of benzene rings is 1. The average molecular weight is 290 g/mol. The molecule has 0 amide bonds. The van der Waals surface area contributed by atoms with Gasteiger partial charge in [0.15, 0.2) is 5.78 Å². The van der Waals surface area contributed by atoms with Crippen molar-refractivity contribution >= 4 is 28.2 Å². The number of hydrogen-bond donors (Lipinski definition) is 1. The van der Waals surface area contributed by atoms with E-state index in [2.05, 4.69) is 4.98 Å². The van der Waals surface area contributed by atoms with Crippen molar-refractivity contribution in [2.75, 3.05) is 5.73 Å². The summed E-state index contributed by atoms with van der Waals surface area (Å²) in [5.41, 5.74) is 4.93. The van der Waals surface area contributed by atoms with Gasteiger partial charge in [-0.05, 0) is 25.5 Å². The van der Waals surface area contributed by atoms with E-state index in [4.69, 9.17) is 12.6 Å². The molecule has 2 N–H and O–H groups in total. The molecule has 1 aromatic carbocycles. The number of fused-ring (bicyclic) bond motifs is 1. The summed E-state index contributed by atoms with van der Waals surface area (Å²) in [6.45, 7) is -0.557. The Morgan fingerprint density at radius 1 is 1.52 bits per heavy atom. The van der Waals surface area contributed by atoms with Crippen molar-refractivity contribution in [1.29, 1.82) is 0 Å². The van der Waals surface area contributed by atoms with Crippen LogP contribution in [-0.2, 0) is 9.59 Å². The summed E-state index contributed by atoms with van der Waals surface area (Å²) in [7, 11) is 0. The quantitative estimate of drug-likeness (QED) is 0.628. The number of nitrogen functional groups attached to an aromatic ring is 1. The normalized spacial score (nSPS) is 28.5. The molecule has 108 valence electrons. The maximum absolute atomic E-state index is 13.0. The predicted molar refractivity (Wildman–Crippen MR) is 78.1 cm³/mol. The zero-order valence-corrected chi connectivity index (χ0v) is 11.0. The third-order valence-electron chi connectivity index (χ3n) is 3.29. The highest BCUT2D eigenvalue weighted by Gasteiger charge is 2.30. The van der Waals surface area contributed by atoms with Gasteiger partial charge in [0.1, 0.15) is 11.6 Å². The molecule has 1 saturated carbocycles. The van der Waals surface area contributed by atoms with Gasteiger partial charge >= 0.3 is 0 Å².